The molecule has 0 unspecified atom stereocenters. The van der Waals surface area contributed by atoms with E-state index in [9.17, 15) is 9.59 Å². The highest BCUT2D eigenvalue weighted by Gasteiger charge is 2.24. The van der Waals surface area contributed by atoms with Crippen molar-refractivity contribution in [1.82, 2.24) is 10.2 Å². The molecule has 0 aliphatic heterocycles. The summed E-state index contributed by atoms with van der Waals surface area (Å²) in [5, 5.41) is 11.7. The van der Waals surface area contributed by atoms with Crippen LogP contribution in [-0.4, -0.2) is 29.8 Å². The first-order valence-electron chi connectivity index (χ1n) is 8.19. The van der Waals surface area contributed by atoms with E-state index < -0.39 is 11.9 Å². The molecule has 2 aromatic rings. The molecule has 1 atom stereocenters. The van der Waals surface area contributed by atoms with E-state index >= 15 is 0 Å². The highest BCUT2D eigenvalue weighted by molar-refractivity contribution is 5.97. The topological polar surface area (TPSA) is 73.2 Å². The quantitative estimate of drug-likeness (QED) is 0.624. The van der Waals surface area contributed by atoms with Crippen LogP contribution in [0.2, 0.25) is 0 Å². The van der Waals surface area contributed by atoms with Crippen LogP contribution in [0.3, 0.4) is 0 Å². The molecule has 0 heterocycles. The second-order valence-corrected chi connectivity index (χ2v) is 5.77. The van der Waals surface area contributed by atoms with Crippen LogP contribution in [0.15, 0.2) is 60.7 Å². The molecule has 0 aromatic heterocycles. The lowest BCUT2D eigenvalue weighted by molar-refractivity contribution is -0.129. The third kappa shape index (κ3) is 5.47. The molecule has 0 aliphatic carbocycles. The first-order valence-corrected chi connectivity index (χ1v) is 8.19. The summed E-state index contributed by atoms with van der Waals surface area (Å²) in [4.78, 5) is 25.7. The van der Waals surface area contributed by atoms with Gasteiger partial charge in [-0.1, -0.05) is 48.5 Å². The first kappa shape index (κ1) is 18.2. The van der Waals surface area contributed by atoms with Crippen LogP contribution in [0, 0.1) is 11.5 Å². The summed E-state index contributed by atoms with van der Waals surface area (Å²) in [7, 11) is 1.40. The maximum absolute atomic E-state index is 12.4. The minimum Gasteiger partial charge on any atom is -0.340 e. The Kier molecular flexibility index (Phi) is 6.73. The third-order valence-electron chi connectivity index (χ3n) is 3.92. The molecular weight excluding hydrogens is 314 g/mol. The van der Waals surface area contributed by atoms with Crippen molar-refractivity contribution < 1.29 is 9.59 Å². The number of aryl methyl sites for hydroxylation is 1. The lowest BCUT2D eigenvalue weighted by atomic mass is 10.0. The van der Waals surface area contributed by atoms with E-state index in [1.54, 1.807) is 30.5 Å². The fourth-order valence-electron chi connectivity index (χ4n) is 2.53. The summed E-state index contributed by atoms with van der Waals surface area (Å²) >= 11 is 0. The van der Waals surface area contributed by atoms with E-state index in [2.05, 4.69) is 5.32 Å². The Labute approximate surface area is 147 Å². The van der Waals surface area contributed by atoms with Gasteiger partial charge in [0.25, 0.3) is 11.8 Å². The van der Waals surface area contributed by atoms with Gasteiger partial charge in [0.1, 0.15) is 6.04 Å². The predicted octanol–water partition coefficient (Wildman–Crippen LogP) is 2.75. The maximum atomic E-state index is 12.4. The van der Waals surface area contributed by atoms with Crippen LogP contribution < -0.4 is 5.32 Å². The van der Waals surface area contributed by atoms with Gasteiger partial charge in [0.15, 0.2) is 6.19 Å². The molecule has 2 rings (SSSR count). The second kappa shape index (κ2) is 9.24. The zero-order chi connectivity index (χ0) is 18.1. The van der Waals surface area contributed by atoms with Crippen molar-refractivity contribution >= 4 is 11.8 Å². The monoisotopic (exact) mass is 335 g/mol. The zero-order valence-electron chi connectivity index (χ0n) is 14.2. The largest absolute Gasteiger partial charge is 0.340 e. The second-order valence-electron chi connectivity index (χ2n) is 5.77. The van der Waals surface area contributed by atoms with Gasteiger partial charge in [0.2, 0.25) is 0 Å². The van der Waals surface area contributed by atoms with Crippen LogP contribution >= 0.6 is 0 Å². The molecule has 2 amide bonds. The normalized spacial score (nSPS) is 11.2. The van der Waals surface area contributed by atoms with Gasteiger partial charge >= 0.3 is 0 Å². The van der Waals surface area contributed by atoms with Gasteiger partial charge in [0, 0.05) is 12.6 Å². The molecule has 5 heteroatoms. The molecule has 0 saturated carbocycles. The number of likely N-dealkylation sites (N-methyl/N-ethyl adjacent to an activating group) is 1. The molecule has 128 valence electrons. The van der Waals surface area contributed by atoms with Crippen LogP contribution in [0.4, 0.5) is 0 Å². The van der Waals surface area contributed by atoms with E-state index in [0.29, 0.717) is 12.0 Å². The third-order valence-corrected chi connectivity index (χ3v) is 3.92. The number of carbonyl (C=O) groups is 2. The van der Waals surface area contributed by atoms with Crippen molar-refractivity contribution in [3.63, 3.8) is 0 Å². The molecular formula is C20H21N3O2. The molecule has 0 radical (unpaired) electrons. The van der Waals surface area contributed by atoms with E-state index in [-0.39, 0.29) is 5.91 Å². The highest BCUT2D eigenvalue weighted by atomic mass is 16.2. The van der Waals surface area contributed by atoms with Gasteiger partial charge in [-0.25, -0.2) is 0 Å². The smallest absolute Gasteiger partial charge is 0.257 e. The minimum atomic E-state index is -0.721. The summed E-state index contributed by atoms with van der Waals surface area (Å²) in [6.45, 7) is 0. The molecule has 2 aromatic carbocycles. The number of hydrogen-bond acceptors (Lipinski definition) is 3. The number of carbonyl (C=O) groups excluding carboxylic acids is 2. The van der Waals surface area contributed by atoms with Crippen molar-refractivity contribution in [2.24, 2.45) is 0 Å². The van der Waals surface area contributed by atoms with E-state index in [4.69, 9.17) is 5.26 Å². The summed E-state index contributed by atoms with van der Waals surface area (Å²) in [6, 6.07) is 18.0. The van der Waals surface area contributed by atoms with E-state index in [1.807, 2.05) is 36.4 Å². The zero-order valence-corrected chi connectivity index (χ0v) is 14.2. The Morgan fingerprint density at radius 2 is 1.68 bits per heavy atom. The molecule has 25 heavy (non-hydrogen) atoms. The van der Waals surface area contributed by atoms with Crippen LogP contribution in [0.25, 0.3) is 0 Å². The fourth-order valence-corrected chi connectivity index (χ4v) is 2.53. The number of hydrogen-bond donors (Lipinski definition) is 1. The van der Waals surface area contributed by atoms with Crippen molar-refractivity contribution in [2.45, 2.75) is 25.3 Å². The minimum absolute atomic E-state index is 0.315. The van der Waals surface area contributed by atoms with Gasteiger partial charge < -0.3 is 5.32 Å². The maximum Gasteiger partial charge on any atom is 0.257 e. The summed E-state index contributed by atoms with van der Waals surface area (Å²) < 4.78 is 0. The molecule has 0 aliphatic rings. The van der Waals surface area contributed by atoms with Gasteiger partial charge in [0.05, 0.1) is 0 Å². The fraction of sp³-hybridized carbons (Fsp3) is 0.250. The molecule has 1 N–H and O–H groups in total. The SMILES string of the molecule is CN(C#N)C(=O)[C@H](CCCc1ccccc1)NC(=O)c1ccccc1. The van der Waals surface area contributed by atoms with Crippen molar-refractivity contribution in [3.8, 4) is 6.19 Å². The standard InChI is InChI=1S/C20H21N3O2/c1-23(15-21)20(25)18(14-8-11-16-9-4-2-5-10-16)22-19(24)17-12-6-3-7-13-17/h2-7,9-10,12-13,18H,8,11,14H2,1H3,(H,22,24)/t18-/m0/s1. The van der Waals surface area contributed by atoms with Crippen molar-refractivity contribution in [2.75, 3.05) is 7.05 Å². The lowest BCUT2D eigenvalue weighted by Gasteiger charge is -2.20. The van der Waals surface area contributed by atoms with Gasteiger partial charge in [-0.3, -0.25) is 14.5 Å². The summed E-state index contributed by atoms with van der Waals surface area (Å²) in [5.74, 6) is -0.718. The van der Waals surface area contributed by atoms with Crippen LogP contribution in [0.5, 0.6) is 0 Å². The number of nitrogens with zero attached hydrogens (tertiary/aromatic N) is 2. The number of nitriles is 1. The van der Waals surface area contributed by atoms with Gasteiger partial charge in [-0.15, -0.1) is 0 Å². The average molecular weight is 335 g/mol. The van der Waals surface area contributed by atoms with Crippen LogP contribution in [0.1, 0.15) is 28.8 Å². The van der Waals surface area contributed by atoms with Crippen molar-refractivity contribution in [3.05, 3.63) is 71.8 Å². The number of nitrogens with one attached hydrogen (secondary N) is 1. The molecule has 0 saturated heterocycles. The summed E-state index contributed by atoms with van der Waals surface area (Å²) in [6.07, 6.45) is 3.81. The first-order chi connectivity index (χ1) is 12.1. The Balaban J connectivity index is 2.01. The number of benzene rings is 2. The number of rotatable bonds is 7. The Morgan fingerprint density at radius 3 is 2.28 bits per heavy atom. The summed E-state index contributed by atoms with van der Waals surface area (Å²) in [5.41, 5.74) is 1.67. The Morgan fingerprint density at radius 1 is 1.08 bits per heavy atom. The lowest BCUT2D eigenvalue weighted by Crippen LogP contribution is -2.46. The molecule has 0 spiro atoms. The Hall–Kier alpha value is -3.13. The molecule has 0 bridgehead atoms. The number of amides is 2. The predicted molar refractivity (Wildman–Crippen MR) is 95.5 cm³/mol. The van der Waals surface area contributed by atoms with E-state index in [0.717, 1.165) is 17.7 Å². The highest BCUT2D eigenvalue weighted by Crippen LogP contribution is 2.09. The van der Waals surface area contributed by atoms with Crippen LogP contribution in [-0.2, 0) is 11.2 Å². The van der Waals surface area contributed by atoms with Gasteiger partial charge in [-0.05, 0) is 37.0 Å². The van der Waals surface area contributed by atoms with E-state index in [1.165, 1.54) is 12.6 Å². The molecule has 5 nitrogen and oxygen atoms in total. The Bertz CT molecular complexity index is 739. The van der Waals surface area contributed by atoms with Gasteiger partial charge in [-0.2, -0.15) is 5.26 Å². The van der Waals surface area contributed by atoms with Crippen molar-refractivity contribution in [1.29, 1.82) is 5.26 Å². The average Bonchev–Trinajstić information content (AvgIpc) is 2.67. The molecule has 0 fully saturated rings.